The SMILES string of the molecule is Cn1ccnc1-c1sc(NC(=O)C2(C)Cc3ccccc3C(=O)O2)nc1-c1ccccc1. The van der Waals surface area contributed by atoms with Crippen LogP contribution in [0.4, 0.5) is 5.13 Å². The van der Waals surface area contributed by atoms with Gasteiger partial charge in [-0.3, -0.25) is 10.1 Å². The molecule has 1 atom stereocenters. The van der Waals surface area contributed by atoms with E-state index >= 15 is 0 Å². The van der Waals surface area contributed by atoms with Crippen molar-refractivity contribution in [2.75, 3.05) is 5.32 Å². The van der Waals surface area contributed by atoms with Crippen molar-refractivity contribution in [2.45, 2.75) is 18.9 Å². The number of esters is 1. The van der Waals surface area contributed by atoms with Gasteiger partial charge in [0.25, 0.3) is 5.91 Å². The van der Waals surface area contributed by atoms with E-state index in [1.807, 2.05) is 60.3 Å². The van der Waals surface area contributed by atoms with E-state index < -0.39 is 17.5 Å². The number of aromatic nitrogens is 3. The molecule has 1 aliphatic heterocycles. The Morgan fingerprint density at radius 2 is 1.91 bits per heavy atom. The second-order valence-corrected chi connectivity index (χ2v) is 8.83. The van der Waals surface area contributed by atoms with Gasteiger partial charge in [0.15, 0.2) is 16.6 Å². The van der Waals surface area contributed by atoms with Crippen molar-refractivity contribution in [3.8, 4) is 22.0 Å². The highest BCUT2D eigenvalue weighted by Gasteiger charge is 2.43. The van der Waals surface area contributed by atoms with E-state index in [0.29, 0.717) is 17.1 Å². The van der Waals surface area contributed by atoms with Gasteiger partial charge >= 0.3 is 5.97 Å². The number of hydrogen-bond donors (Lipinski definition) is 1. The van der Waals surface area contributed by atoms with Crippen LogP contribution in [0.3, 0.4) is 0 Å². The lowest BCUT2D eigenvalue weighted by molar-refractivity contribution is -0.134. The van der Waals surface area contributed by atoms with Gasteiger partial charge in [-0.15, -0.1) is 0 Å². The van der Waals surface area contributed by atoms with Gasteiger partial charge in [-0.2, -0.15) is 0 Å². The molecule has 1 N–H and O–H groups in total. The van der Waals surface area contributed by atoms with E-state index in [2.05, 4.69) is 10.3 Å². The van der Waals surface area contributed by atoms with Crippen molar-refractivity contribution in [2.24, 2.45) is 7.05 Å². The first-order valence-corrected chi connectivity index (χ1v) is 10.9. The smallest absolute Gasteiger partial charge is 0.339 e. The lowest BCUT2D eigenvalue weighted by Gasteiger charge is -2.32. The molecule has 0 saturated carbocycles. The summed E-state index contributed by atoms with van der Waals surface area (Å²) in [5.41, 5.74) is 1.62. The molecule has 7 nitrogen and oxygen atoms in total. The van der Waals surface area contributed by atoms with Gasteiger partial charge in [-0.05, 0) is 18.6 Å². The summed E-state index contributed by atoms with van der Waals surface area (Å²) in [6.45, 7) is 1.63. The number of benzene rings is 2. The number of fused-ring (bicyclic) bond motifs is 1. The second-order valence-electron chi connectivity index (χ2n) is 7.83. The number of amides is 1. The molecule has 0 radical (unpaired) electrons. The molecule has 0 fully saturated rings. The molecule has 32 heavy (non-hydrogen) atoms. The van der Waals surface area contributed by atoms with Crippen molar-refractivity contribution in [3.63, 3.8) is 0 Å². The molecule has 0 saturated heterocycles. The maximum Gasteiger partial charge on any atom is 0.339 e. The Bertz CT molecular complexity index is 1330. The minimum Gasteiger partial charge on any atom is -0.445 e. The van der Waals surface area contributed by atoms with Gasteiger partial charge < -0.3 is 9.30 Å². The third kappa shape index (κ3) is 3.48. The number of carbonyl (C=O) groups excluding carboxylic acids is 2. The zero-order chi connectivity index (χ0) is 22.3. The first-order valence-electron chi connectivity index (χ1n) is 10.1. The number of hydrogen-bond acceptors (Lipinski definition) is 6. The fourth-order valence-corrected chi connectivity index (χ4v) is 4.81. The van der Waals surface area contributed by atoms with Crippen LogP contribution in [-0.2, 0) is 23.0 Å². The predicted octanol–water partition coefficient (Wildman–Crippen LogP) is 4.32. The molecular formula is C24H20N4O3S. The second kappa shape index (κ2) is 7.72. The first kappa shape index (κ1) is 20.1. The standard InChI is InChI=1S/C24H20N4O3S/c1-24(14-16-10-6-7-11-17(16)21(29)31-24)22(30)27-23-26-18(15-8-4-3-5-9-15)19(32-23)20-25-12-13-28(20)2/h3-13H,14H2,1-2H3,(H,26,27,30). The highest BCUT2D eigenvalue weighted by molar-refractivity contribution is 7.19. The Labute approximate surface area is 188 Å². The van der Waals surface area contributed by atoms with Gasteiger partial charge in [0.05, 0.1) is 16.1 Å². The molecule has 8 heteroatoms. The summed E-state index contributed by atoms with van der Waals surface area (Å²) in [7, 11) is 1.91. The summed E-state index contributed by atoms with van der Waals surface area (Å²) in [4.78, 5) is 35.7. The number of rotatable bonds is 4. The number of thiazole rings is 1. The number of cyclic esters (lactones) is 1. The summed E-state index contributed by atoms with van der Waals surface area (Å²) < 4.78 is 7.47. The molecule has 1 unspecified atom stereocenters. The molecule has 5 rings (SSSR count). The highest BCUT2D eigenvalue weighted by Crippen LogP contribution is 2.39. The molecule has 2 aromatic heterocycles. The predicted molar refractivity (Wildman–Crippen MR) is 122 cm³/mol. The van der Waals surface area contributed by atoms with Crippen LogP contribution in [0, 0.1) is 0 Å². The third-order valence-corrected chi connectivity index (χ3v) is 6.45. The largest absolute Gasteiger partial charge is 0.445 e. The zero-order valence-corrected chi connectivity index (χ0v) is 18.3. The lowest BCUT2D eigenvalue weighted by Crippen LogP contribution is -2.48. The van der Waals surface area contributed by atoms with Gasteiger partial charge in [0.1, 0.15) is 0 Å². The number of anilines is 1. The van der Waals surface area contributed by atoms with Crippen LogP contribution in [-0.4, -0.2) is 32.0 Å². The quantitative estimate of drug-likeness (QED) is 0.474. The first-order chi connectivity index (χ1) is 15.4. The van der Waals surface area contributed by atoms with Gasteiger partial charge in [0.2, 0.25) is 0 Å². The Morgan fingerprint density at radius 3 is 2.66 bits per heavy atom. The van der Waals surface area contributed by atoms with Crippen molar-refractivity contribution < 1.29 is 14.3 Å². The molecule has 1 amide bonds. The third-order valence-electron chi connectivity index (χ3n) is 5.48. The van der Waals surface area contributed by atoms with Crippen LogP contribution in [0.5, 0.6) is 0 Å². The Hall–Kier alpha value is -3.78. The number of nitrogens with one attached hydrogen (secondary N) is 1. The number of ether oxygens (including phenoxy) is 1. The number of imidazole rings is 1. The molecule has 3 heterocycles. The number of aryl methyl sites for hydroxylation is 1. The topological polar surface area (TPSA) is 86.1 Å². The van der Waals surface area contributed by atoms with Gasteiger partial charge in [0, 0.05) is 31.4 Å². The Kier molecular flexibility index (Phi) is 4.86. The summed E-state index contributed by atoms with van der Waals surface area (Å²) in [6.07, 6.45) is 3.88. The summed E-state index contributed by atoms with van der Waals surface area (Å²) in [5, 5.41) is 3.29. The fourth-order valence-electron chi connectivity index (χ4n) is 3.79. The van der Waals surface area contributed by atoms with E-state index in [1.165, 1.54) is 11.3 Å². The summed E-state index contributed by atoms with van der Waals surface area (Å²) in [5.74, 6) is -0.159. The summed E-state index contributed by atoms with van der Waals surface area (Å²) >= 11 is 1.34. The van der Waals surface area contributed by atoms with Crippen LogP contribution >= 0.6 is 11.3 Å². The Morgan fingerprint density at radius 1 is 1.16 bits per heavy atom. The molecule has 0 aliphatic carbocycles. The molecule has 2 aromatic carbocycles. The van der Waals surface area contributed by atoms with Gasteiger partial charge in [-0.1, -0.05) is 59.9 Å². The average Bonchev–Trinajstić information content (AvgIpc) is 3.40. The highest BCUT2D eigenvalue weighted by atomic mass is 32.1. The minimum atomic E-state index is -1.33. The number of nitrogens with zero attached hydrogens (tertiary/aromatic N) is 3. The van der Waals surface area contributed by atoms with E-state index in [0.717, 1.165) is 27.5 Å². The van der Waals surface area contributed by atoms with E-state index in [9.17, 15) is 9.59 Å². The molecule has 1 aliphatic rings. The van der Waals surface area contributed by atoms with Crippen LogP contribution in [0.1, 0.15) is 22.8 Å². The van der Waals surface area contributed by atoms with Crippen molar-refractivity contribution in [3.05, 3.63) is 78.1 Å². The molecule has 160 valence electrons. The molecule has 0 spiro atoms. The fraction of sp³-hybridized carbons (Fsp3) is 0.167. The molecule has 4 aromatic rings. The van der Waals surface area contributed by atoms with Crippen LogP contribution < -0.4 is 5.32 Å². The molecular weight excluding hydrogens is 424 g/mol. The zero-order valence-electron chi connectivity index (χ0n) is 17.5. The van der Waals surface area contributed by atoms with Crippen LogP contribution in [0.25, 0.3) is 22.0 Å². The number of carbonyl (C=O) groups is 2. The normalized spacial score (nSPS) is 17.5. The maximum absolute atomic E-state index is 13.2. The maximum atomic E-state index is 13.2. The van der Waals surface area contributed by atoms with E-state index in [4.69, 9.17) is 9.72 Å². The molecule has 0 bridgehead atoms. The van der Waals surface area contributed by atoms with Crippen molar-refractivity contribution in [1.29, 1.82) is 0 Å². The van der Waals surface area contributed by atoms with Gasteiger partial charge in [-0.25, -0.2) is 14.8 Å². The van der Waals surface area contributed by atoms with Crippen LogP contribution in [0.15, 0.2) is 67.0 Å². The monoisotopic (exact) mass is 444 g/mol. The van der Waals surface area contributed by atoms with E-state index in [1.54, 1.807) is 25.3 Å². The van der Waals surface area contributed by atoms with Crippen LogP contribution in [0.2, 0.25) is 0 Å². The Balaban J connectivity index is 1.48. The van der Waals surface area contributed by atoms with Crippen molar-refractivity contribution >= 4 is 28.3 Å². The lowest BCUT2D eigenvalue weighted by atomic mass is 9.89. The summed E-state index contributed by atoms with van der Waals surface area (Å²) in [6, 6.07) is 16.9. The minimum absolute atomic E-state index is 0.296. The average molecular weight is 445 g/mol. The van der Waals surface area contributed by atoms with Crippen molar-refractivity contribution in [1.82, 2.24) is 14.5 Å². The van der Waals surface area contributed by atoms with E-state index in [-0.39, 0.29) is 0 Å².